The minimum Gasteiger partial charge on any atom is -0.360 e. The Balaban J connectivity index is 1.79. The lowest BCUT2D eigenvalue weighted by Crippen LogP contribution is -2.09. The van der Waals surface area contributed by atoms with Gasteiger partial charge in [0.15, 0.2) is 0 Å². The van der Waals surface area contributed by atoms with E-state index in [2.05, 4.69) is 87.8 Å². The zero-order valence-electron chi connectivity index (χ0n) is 18.8. The molecule has 30 heavy (non-hydrogen) atoms. The molecule has 0 spiro atoms. The molecule has 2 bridgehead atoms. The van der Waals surface area contributed by atoms with Gasteiger partial charge in [-0.05, 0) is 111 Å². The van der Waals surface area contributed by atoms with Crippen LogP contribution in [-0.2, 0) is 0 Å². The van der Waals surface area contributed by atoms with Crippen molar-refractivity contribution in [2.45, 2.75) is 65.7 Å². The lowest BCUT2D eigenvalue weighted by molar-refractivity contribution is 0.664. The molecule has 1 N–H and O–H groups in total. The highest BCUT2D eigenvalue weighted by Crippen LogP contribution is 2.45. The molecule has 0 radical (unpaired) electrons. The number of allylic oxidation sites excluding steroid dienone is 3. The number of nitrogens with zero attached hydrogens (tertiary/aromatic N) is 1. The fourth-order valence-electron chi connectivity index (χ4n) is 5.02. The lowest BCUT2D eigenvalue weighted by Gasteiger charge is -2.19. The van der Waals surface area contributed by atoms with E-state index >= 15 is 0 Å². The van der Waals surface area contributed by atoms with Gasteiger partial charge in [0.2, 0.25) is 0 Å². The number of aryl methyl sites for hydroxylation is 2. The van der Waals surface area contributed by atoms with Crippen molar-refractivity contribution in [2.24, 2.45) is 5.92 Å². The highest BCUT2D eigenvalue weighted by Gasteiger charge is 2.29. The maximum absolute atomic E-state index is 4.81. The van der Waals surface area contributed by atoms with E-state index in [9.17, 15) is 0 Å². The number of fused-ring (bicyclic) bond motifs is 4. The van der Waals surface area contributed by atoms with Crippen molar-refractivity contribution in [3.8, 4) is 0 Å². The highest BCUT2D eigenvalue weighted by molar-refractivity contribution is 5.89. The van der Waals surface area contributed by atoms with E-state index in [0.29, 0.717) is 0 Å². The molecule has 2 nitrogen and oxygen atoms in total. The third-order valence-electron chi connectivity index (χ3n) is 6.60. The first kappa shape index (κ1) is 20.7. The normalized spacial score (nSPS) is 20.8. The first-order valence-electron chi connectivity index (χ1n) is 11.5. The number of pyridine rings is 1. The molecule has 1 saturated carbocycles. The Bertz CT molecular complexity index is 1010. The molecule has 2 heteroatoms. The lowest BCUT2D eigenvalue weighted by atomic mass is 9.86. The van der Waals surface area contributed by atoms with Crippen LogP contribution in [0.2, 0.25) is 0 Å². The molecule has 2 aliphatic carbocycles. The van der Waals surface area contributed by atoms with Gasteiger partial charge in [0, 0.05) is 5.69 Å². The second kappa shape index (κ2) is 9.04. The summed E-state index contributed by atoms with van der Waals surface area (Å²) >= 11 is 0. The summed E-state index contributed by atoms with van der Waals surface area (Å²) in [5.41, 5.74) is 10.1. The summed E-state index contributed by atoms with van der Waals surface area (Å²) in [4.78, 5) is 4.81. The third kappa shape index (κ3) is 4.28. The van der Waals surface area contributed by atoms with E-state index < -0.39 is 0 Å². The van der Waals surface area contributed by atoms with Crippen LogP contribution in [0.5, 0.6) is 0 Å². The highest BCUT2D eigenvalue weighted by atomic mass is 14.9. The van der Waals surface area contributed by atoms with Crippen molar-refractivity contribution in [1.29, 1.82) is 0 Å². The van der Waals surface area contributed by atoms with Crippen LogP contribution in [0.1, 0.15) is 85.5 Å². The summed E-state index contributed by atoms with van der Waals surface area (Å²) in [6.07, 6.45) is 15.3. The van der Waals surface area contributed by atoms with Crippen LogP contribution in [0.3, 0.4) is 0 Å². The Kier molecular flexibility index (Phi) is 6.22. The zero-order chi connectivity index (χ0) is 21.1. The van der Waals surface area contributed by atoms with Gasteiger partial charge in [-0.2, -0.15) is 0 Å². The van der Waals surface area contributed by atoms with E-state index in [0.717, 1.165) is 41.8 Å². The predicted octanol–water partition coefficient (Wildman–Crippen LogP) is 7.40. The van der Waals surface area contributed by atoms with Crippen LogP contribution in [-0.4, -0.2) is 4.98 Å². The van der Waals surface area contributed by atoms with Crippen molar-refractivity contribution in [2.75, 3.05) is 0 Å². The predicted molar refractivity (Wildman–Crippen MR) is 129 cm³/mol. The van der Waals surface area contributed by atoms with Gasteiger partial charge in [0.25, 0.3) is 0 Å². The van der Waals surface area contributed by atoms with E-state index in [-0.39, 0.29) is 0 Å². The Hall–Kier alpha value is -2.61. The second-order valence-electron chi connectivity index (χ2n) is 8.92. The monoisotopic (exact) mass is 398 g/mol. The molecule has 2 aromatic rings. The molecule has 0 saturated heterocycles. The average molecular weight is 399 g/mol. The largest absolute Gasteiger partial charge is 0.360 e. The molecule has 2 atom stereocenters. The summed E-state index contributed by atoms with van der Waals surface area (Å²) in [5, 5.41) is 3.55. The fourth-order valence-corrected chi connectivity index (χ4v) is 5.02. The van der Waals surface area contributed by atoms with Crippen LogP contribution in [0, 0.1) is 19.8 Å². The molecule has 1 aromatic heterocycles. The smallest absolute Gasteiger partial charge is 0.0870 e. The molecule has 2 unspecified atom stereocenters. The van der Waals surface area contributed by atoms with Crippen molar-refractivity contribution in [3.05, 3.63) is 82.3 Å². The standard InChI is InChI=1S/C28H34N2/c1-5-6-7-15-29-28(26-10-8-9-20(3)30-26)21(4)25-16-19(2)27-23-13-11-22(17-23)12-14-24(27)18-25/h7-10,12,14-16,18,22-23,29H,5-6,11,13,17H2,1-4H3/b15-7+,28-21+. The SMILES string of the molecule is CCC/C=C/N/C(=C(\C)c1cc(C)c2c(c1)C=CC1CCC2C1)c1cccc(C)n1. The molecular formula is C28H34N2. The van der Waals surface area contributed by atoms with E-state index in [4.69, 9.17) is 4.98 Å². The second-order valence-corrected chi connectivity index (χ2v) is 8.92. The maximum atomic E-state index is 4.81. The van der Waals surface area contributed by atoms with Gasteiger partial charge in [-0.3, -0.25) is 4.98 Å². The molecule has 4 rings (SSSR count). The van der Waals surface area contributed by atoms with Crippen LogP contribution in [0.15, 0.2) is 48.7 Å². The van der Waals surface area contributed by atoms with Crippen molar-refractivity contribution >= 4 is 17.3 Å². The molecule has 1 fully saturated rings. The van der Waals surface area contributed by atoms with Crippen LogP contribution in [0.25, 0.3) is 17.3 Å². The van der Waals surface area contributed by atoms with Crippen LogP contribution in [0.4, 0.5) is 0 Å². The molecule has 0 aliphatic heterocycles. The van der Waals surface area contributed by atoms with Crippen LogP contribution < -0.4 is 5.32 Å². The quantitative estimate of drug-likeness (QED) is 0.548. The first-order valence-corrected chi connectivity index (χ1v) is 11.5. The third-order valence-corrected chi connectivity index (χ3v) is 6.60. The number of benzene rings is 1. The van der Waals surface area contributed by atoms with Gasteiger partial charge >= 0.3 is 0 Å². The van der Waals surface area contributed by atoms with Gasteiger partial charge in [-0.1, -0.05) is 43.7 Å². The van der Waals surface area contributed by atoms with Crippen molar-refractivity contribution in [1.82, 2.24) is 10.3 Å². The molecule has 156 valence electrons. The first-order chi connectivity index (χ1) is 14.6. The number of hydrogen-bond acceptors (Lipinski definition) is 2. The molecular weight excluding hydrogens is 364 g/mol. The van der Waals surface area contributed by atoms with E-state index in [1.807, 2.05) is 0 Å². The Morgan fingerprint density at radius 2 is 2.07 bits per heavy atom. The van der Waals surface area contributed by atoms with Gasteiger partial charge in [-0.25, -0.2) is 0 Å². The van der Waals surface area contributed by atoms with Gasteiger partial charge < -0.3 is 5.32 Å². The minimum absolute atomic E-state index is 0.728. The van der Waals surface area contributed by atoms with Crippen molar-refractivity contribution < 1.29 is 0 Å². The summed E-state index contributed by atoms with van der Waals surface area (Å²) in [6, 6.07) is 11.0. The molecule has 0 amide bonds. The molecule has 1 heterocycles. The summed E-state index contributed by atoms with van der Waals surface area (Å²) < 4.78 is 0. The molecule has 1 aromatic carbocycles. The number of hydrogen-bond donors (Lipinski definition) is 1. The summed E-state index contributed by atoms with van der Waals surface area (Å²) in [5.74, 6) is 1.49. The van der Waals surface area contributed by atoms with Gasteiger partial charge in [0.05, 0.1) is 11.4 Å². The van der Waals surface area contributed by atoms with E-state index in [1.54, 1.807) is 5.56 Å². The Labute approximate surface area is 181 Å². The van der Waals surface area contributed by atoms with E-state index in [1.165, 1.54) is 41.5 Å². The zero-order valence-corrected chi connectivity index (χ0v) is 18.8. The fraction of sp³-hybridized carbons (Fsp3) is 0.393. The minimum atomic E-state index is 0.728. The van der Waals surface area contributed by atoms with Gasteiger partial charge in [-0.15, -0.1) is 0 Å². The maximum Gasteiger partial charge on any atom is 0.0870 e. The van der Waals surface area contributed by atoms with Crippen molar-refractivity contribution in [3.63, 3.8) is 0 Å². The summed E-state index contributed by atoms with van der Waals surface area (Å²) in [7, 11) is 0. The number of aromatic nitrogens is 1. The van der Waals surface area contributed by atoms with Gasteiger partial charge in [0.1, 0.15) is 0 Å². The molecule has 2 aliphatic rings. The Morgan fingerprint density at radius 1 is 1.20 bits per heavy atom. The Morgan fingerprint density at radius 3 is 2.87 bits per heavy atom. The average Bonchev–Trinajstić information content (AvgIpc) is 3.11. The number of unbranched alkanes of at least 4 members (excludes halogenated alkanes) is 1. The van der Waals surface area contributed by atoms with Crippen LogP contribution >= 0.6 is 0 Å². The summed E-state index contributed by atoms with van der Waals surface area (Å²) in [6.45, 7) is 8.76. The topological polar surface area (TPSA) is 24.9 Å². The number of rotatable bonds is 6. The number of nitrogens with one attached hydrogen (secondary N) is 1.